The highest BCUT2D eigenvalue weighted by Crippen LogP contribution is 2.30. The van der Waals surface area contributed by atoms with Crippen LogP contribution in [0.1, 0.15) is 22.6 Å². The van der Waals surface area contributed by atoms with E-state index in [9.17, 15) is 9.90 Å². The van der Waals surface area contributed by atoms with Gasteiger partial charge in [-0.1, -0.05) is 42.0 Å². The van der Waals surface area contributed by atoms with Crippen LogP contribution in [0.25, 0.3) is 21.9 Å². The lowest BCUT2D eigenvalue weighted by atomic mass is 10.1. The Balaban J connectivity index is 2.05. The van der Waals surface area contributed by atoms with E-state index in [1.807, 2.05) is 61.5 Å². The summed E-state index contributed by atoms with van der Waals surface area (Å²) in [5, 5.41) is 11.8. The number of carboxylic acid groups (broad SMARTS) is 1. The molecule has 0 amide bonds. The highest BCUT2D eigenvalue weighted by molar-refractivity contribution is 7.19. The Labute approximate surface area is 132 Å². The smallest absolute Gasteiger partial charge is 0.120 e. The van der Waals surface area contributed by atoms with Crippen LogP contribution in [-0.2, 0) is 4.79 Å². The molecule has 3 nitrogen and oxygen atoms in total. The third kappa shape index (κ3) is 3.23. The molecule has 22 heavy (non-hydrogen) atoms. The molecular weight excluding hydrogens is 294 g/mol. The highest BCUT2D eigenvalue weighted by atomic mass is 32.1. The summed E-state index contributed by atoms with van der Waals surface area (Å²) in [6.45, 7) is 2.02. The summed E-state index contributed by atoms with van der Waals surface area (Å²) in [7, 11) is 0. The molecule has 0 N–H and O–H groups in total. The monoisotopic (exact) mass is 308 g/mol. The van der Waals surface area contributed by atoms with Crippen molar-refractivity contribution < 1.29 is 9.90 Å². The number of aliphatic carboxylic acids is 1. The van der Waals surface area contributed by atoms with Crippen LogP contribution in [0.4, 0.5) is 0 Å². The van der Waals surface area contributed by atoms with E-state index in [2.05, 4.69) is 4.98 Å². The van der Waals surface area contributed by atoms with E-state index < -0.39 is 5.97 Å². The van der Waals surface area contributed by atoms with Crippen molar-refractivity contribution in [1.82, 2.24) is 4.98 Å². The van der Waals surface area contributed by atoms with E-state index >= 15 is 0 Å². The molecule has 0 radical (unpaired) electrons. The molecule has 0 aliphatic heterocycles. The quantitative estimate of drug-likeness (QED) is 0.743. The van der Waals surface area contributed by atoms with E-state index in [0.717, 1.165) is 20.8 Å². The van der Waals surface area contributed by atoms with Gasteiger partial charge in [-0.15, -0.1) is 11.3 Å². The Morgan fingerprint density at radius 2 is 1.91 bits per heavy atom. The lowest BCUT2D eigenvalue weighted by molar-refractivity contribution is -0.304. The number of carboxylic acids is 1. The average Bonchev–Trinajstić information content (AvgIpc) is 2.92. The maximum atomic E-state index is 11.1. The molecule has 0 fully saturated rings. The van der Waals surface area contributed by atoms with Crippen LogP contribution in [0.5, 0.6) is 0 Å². The Hall–Kier alpha value is -2.46. The average molecular weight is 308 g/mol. The molecule has 3 aromatic rings. The molecule has 0 saturated carbocycles. The fourth-order valence-corrected chi connectivity index (χ4v) is 3.20. The predicted octanol–water partition coefficient (Wildman–Crippen LogP) is 3.29. The van der Waals surface area contributed by atoms with Gasteiger partial charge in [0.2, 0.25) is 0 Å². The second-order valence-corrected chi connectivity index (χ2v) is 6.15. The number of benzene rings is 2. The molecule has 0 aliphatic rings. The third-order valence-electron chi connectivity index (χ3n) is 3.32. The van der Waals surface area contributed by atoms with Crippen molar-refractivity contribution in [2.24, 2.45) is 0 Å². The number of rotatable bonds is 4. The first-order valence-electron chi connectivity index (χ1n) is 6.95. The van der Waals surface area contributed by atoms with Crippen molar-refractivity contribution in [3.05, 3.63) is 64.7 Å². The number of hydrogen-bond acceptors (Lipinski definition) is 4. The van der Waals surface area contributed by atoms with Crippen LogP contribution in [0.2, 0.25) is 0 Å². The molecule has 0 bridgehead atoms. The predicted molar refractivity (Wildman–Crippen MR) is 88.3 cm³/mol. The number of para-hydroxylation sites is 1. The zero-order chi connectivity index (χ0) is 15.5. The van der Waals surface area contributed by atoms with Crippen molar-refractivity contribution in [3.8, 4) is 0 Å². The van der Waals surface area contributed by atoms with Gasteiger partial charge < -0.3 is 9.90 Å². The van der Waals surface area contributed by atoms with Crippen LogP contribution < -0.4 is 5.11 Å². The minimum Gasteiger partial charge on any atom is -0.550 e. The summed E-state index contributed by atoms with van der Waals surface area (Å²) in [5.41, 5.74) is 3.68. The summed E-state index contributed by atoms with van der Waals surface area (Å²) in [6, 6.07) is 15.7. The number of carbonyl (C=O) groups is 1. The summed E-state index contributed by atoms with van der Waals surface area (Å²) in [5.74, 6) is -1.10. The standard InChI is InChI=1S/C18H15NO2S/c1-12-6-8-13(9-7-12)10-14(11-17(20)21)18-19-15-4-2-3-5-16(15)22-18/h2-10H,11H2,1H3,(H,20,21)/p-1/b14-10+. The van der Waals surface area contributed by atoms with Crippen LogP contribution in [0.15, 0.2) is 48.5 Å². The molecule has 3 rings (SSSR count). The van der Waals surface area contributed by atoms with Gasteiger partial charge in [0.1, 0.15) is 5.01 Å². The zero-order valence-electron chi connectivity index (χ0n) is 12.1. The number of nitrogens with zero attached hydrogens (tertiary/aromatic N) is 1. The number of carbonyl (C=O) groups excluding carboxylic acids is 1. The van der Waals surface area contributed by atoms with Gasteiger partial charge >= 0.3 is 0 Å². The van der Waals surface area contributed by atoms with Crippen LogP contribution in [-0.4, -0.2) is 11.0 Å². The second kappa shape index (κ2) is 6.12. The van der Waals surface area contributed by atoms with Crippen molar-refractivity contribution in [2.45, 2.75) is 13.3 Å². The maximum Gasteiger partial charge on any atom is 0.120 e. The van der Waals surface area contributed by atoms with Gasteiger partial charge in [0.15, 0.2) is 0 Å². The van der Waals surface area contributed by atoms with Crippen molar-refractivity contribution in [2.75, 3.05) is 0 Å². The molecule has 0 atom stereocenters. The van der Waals surface area contributed by atoms with Gasteiger partial charge in [-0.2, -0.15) is 0 Å². The Morgan fingerprint density at radius 1 is 1.18 bits per heavy atom. The Kier molecular flexibility index (Phi) is 4.02. The van der Waals surface area contributed by atoms with Crippen LogP contribution in [0, 0.1) is 6.92 Å². The van der Waals surface area contributed by atoms with Crippen molar-refractivity contribution in [3.63, 3.8) is 0 Å². The molecule has 0 spiro atoms. The molecule has 1 aromatic heterocycles. The number of thiazole rings is 1. The van der Waals surface area contributed by atoms with Crippen LogP contribution >= 0.6 is 11.3 Å². The number of hydrogen-bond donors (Lipinski definition) is 0. The summed E-state index contributed by atoms with van der Waals surface area (Å²) >= 11 is 1.50. The summed E-state index contributed by atoms with van der Waals surface area (Å²) in [6.07, 6.45) is 1.72. The number of aryl methyl sites for hydroxylation is 1. The first-order valence-corrected chi connectivity index (χ1v) is 7.76. The first kappa shape index (κ1) is 14.5. The van der Waals surface area contributed by atoms with E-state index in [0.29, 0.717) is 5.57 Å². The zero-order valence-corrected chi connectivity index (χ0v) is 12.9. The van der Waals surface area contributed by atoms with E-state index in [4.69, 9.17) is 0 Å². The minimum absolute atomic E-state index is 0.145. The molecule has 0 saturated heterocycles. The molecule has 110 valence electrons. The first-order chi connectivity index (χ1) is 10.6. The van der Waals surface area contributed by atoms with Gasteiger partial charge in [0, 0.05) is 12.4 Å². The molecule has 0 unspecified atom stereocenters. The highest BCUT2D eigenvalue weighted by Gasteiger charge is 2.09. The maximum absolute atomic E-state index is 11.1. The van der Waals surface area contributed by atoms with E-state index in [1.165, 1.54) is 16.9 Å². The Morgan fingerprint density at radius 3 is 2.59 bits per heavy atom. The molecule has 1 heterocycles. The largest absolute Gasteiger partial charge is 0.550 e. The van der Waals surface area contributed by atoms with E-state index in [1.54, 1.807) is 0 Å². The number of aromatic nitrogens is 1. The minimum atomic E-state index is -1.10. The van der Waals surface area contributed by atoms with Crippen molar-refractivity contribution in [1.29, 1.82) is 0 Å². The Bertz CT molecular complexity index is 814. The molecule has 4 heteroatoms. The van der Waals surface area contributed by atoms with Crippen molar-refractivity contribution >= 4 is 39.2 Å². The lowest BCUT2D eigenvalue weighted by Gasteiger charge is -2.06. The van der Waals surface area contributed by atoms with Gasteiger partial charge in [0.05, 0.1) is 10.2 Å². The third-order valence-corrected chi connectivity index (χ3v) is 4.43. The molecule has 2 aromatic carbocycles. The summed E-state index contributed by atoms with van der Waals surface area (Å²) in [4.78, 5) is 15.6. The topological polar surface area (TPSA) is 53.0 Å². The number of fused-ring (bicyclic) bond motifs is 1. The fourth-order valence-electron chi connectivity index (χ4n) is 2.22. The SMILES string of the molecule is Cc1ccc(/C=C(\CC(=O)[O-])c2nc3ccccc3s2)cc1. The lowest BCUT2D eigenvalue weighted by Crippen LogP contribution is -2.22. The normalized spacial score (nSPS) is 11.8. The van der Waals surface area contributed by atoms with Gasteiger partial charge in [-0.05, 0) is 36.3 Å². The summed E-state index contributed by atoms with van der Waals surface area (Å²) < 4.78 is 1.05. The molecular formula is C18H14NO2S-. The van der Waals surface area contributed by atoms with Gasteiger partial charge in [-0.3, -0.25) is 0 Å². The van der Waals surface area contributed by atoms with Gasteiger partial charge in [-0.25, -0.2) is 4.98 Å². The fraction of sp³-hybridized carbons (Fsp3) is 0.111. The van der Waals surface area contributed by atoms with E-state index in [-0.39, 0.29) is 6.42 Å². The van der Waals surface area contributed by atoms with Crippen LogP contribution in [0.3, 0.4) is 0 Å². The van der Waals surface area contributed by atoms with Gasteiger partial charge in [0.25, 0.3) is 0 Å². The second-order valence-electron chi connectivity index (χ2n) is 5.12. The molecule has 0 aliphatic carbocycles.